The number of fused-ring (bicyclic) bond motifs is 1. The van der Waals surface area contributed by atoms with Crippen molar-refractivity contribution in [2.45, 2.75) is 0 Å². The van der Waals surface area contributed by atoms with Gasteiger partial charge in [0.15, 0.2) is 6.39 Å². The van der Waals surface area contributed by atoms with Crippen molar-refractivity contribution in [1.82, 2.24) is 10.4 Å². The molecule has 1 N–H and O–H groups in total. The van der Waals surface area contributed by atoms with Crippen LogP contribution in [0.15, 0.2) is 15.8 Å². The third kappa shape index (κ3) is 0.543. The van der Waals surface area contributed by atoms with Crippen LogP contribution in [0.2, 0.25) is 0 Å². The molecule has 45 valence electrons. The Bertz CT molecular complexity index is 240. The summed E-state index contributed by atoms with van der Waals surface area (Å²) < 4.78 is 4.82. The van der Waals surface area contributed by atoms with Crippen molar-refractivity contribution in [2.75, 3.05) is 5.43 Å². The summed E-state index contributed by atoms with van der Waals surface area (Å²) in [7, 11) is 0. The molecule has 1 aromatic rings. The second-order valence-corrected chi connectivity index (χ2v) is 1.49. The fourth-order valence-corrected chi connectivity index (χ4v) is 0.580. The van der Waals surface area contributed by atoms with E-state index in [1.54, 1.807) is 0 Å². The van der Waals surface area contributed by atoms with E-state index in [-0.39, 0.29) is 0 Å². The van der Waals surface area contributed by atoms with Crippen LogP contribution in [-0.4, -0.2) is 11.3 Å². The zero-order valence-corrected chi connectivity index (χ0v) is 4.40. The molecular formula is C4H3N4O. The van der Waals surface area contributed by atoms with E-state index < -0.39 is 0 Å². The first-order valence-electron chi connectivity index (χ1n) is 2.39. The lowest BCUT2D eigenvalue weighted by Gasteiger charge is -2.00. The van der Waals surface area contributed by atoms with Crippen LogP contribution >= 0.6 is 0 Å². The number of oxazole rings is 1. The van der Waals surface area contributed by atoms with Gasteiger partial charge in [-0.05, 0) is 0 Å². The molecule has 0 fully saturated rings. The minimum absolute atomic E-state index is 0.477. The van der Waals surface area contributed by atoms with Gasteiger partial charge in [-0.15, -0.1) is 0 Å². The molecule has 2 rings (SSSR count). The van der Waals surface area contributed by atoms with Crippen molar-refractivity contribution in [3.63, 3.8) is 0 Å². The van der Waals surface area contributed by atoms with Crippen molar-refractivity contribution in [3.8, 4) is 0 Å². The molecule has 0 bridgehead atoms. The zero-order chi connectivity index (χ0) is 6.10. The number of rotatable bonds is 0. The Morgan fingerprint density at radius 3 is 3.44 bits per heavy atom. The van der Waals surface area contributed by atoms with Crippen molar-refractivity contribution < 1.29 is 4.42 Å². The summed E-state index contributed by atoms with van der Waals surface area (Å²) in [6.45, 7) is 0. The monoisotopic (exact) mass is 123 g/mol. The molecule has 0 atom stereocenters. The van der Waals surface area contributed by atoms with E-state index in [0.29, 0.717) is 11.7 Å². The molecule has 9 heavy (non-hydrogen) atoms. The maximum absolute atomic E-state index is 4.82. The molecule has 5 nitrogen and oxygen atoms in total. The summed E-state index contributed by atoms with van der Waals surface area (Å²) in [5, 5.41) is 0. The molecule has 0 saturated carbocycles. The SMILES string of the molecule is C1=Nc2ocnc2N[N]1. The van der Waals surface area contributed by atoms with Crippen LogP contribution < -0.4 is 10.9 Å². The van der Waals surface area contributed by atoms with Crippen LogP contribution in [0.1, 0.15) is 0 Å². The predicted octanol–water partition coefficient (Wildman–Crippen LogP) is 0.279. The smallest absolute Gasteiger partial charge is 0.267 e. The van der Waals surface area contributed by atoms with Gasteiger partial charge in [0.1, 0.15) is 6.34 Å². The van der Waals surface area contributed by atoms with E-state index in [1.165, 1.54) is 12.7 Å². The fourth-order valence-electron chi connectivity index (χ4n) is 0.580. The van der Waals surface area contributed by atoms with Crippen LogP contribution in [0.25, 0.3) is 0 Å². The third-order valence-corrected chi connectivity index (χ3v) is 0.952. The van der Waals surface area contributed by atoms with Crippen LogP contribution in [0.5, 0.6) is 0 Å². The molecule has 0 amide bonds. The second-order valence-electron chi connectivity index (χ2n) is 1.49. The normalized spacial score (nSPS) is 13.8. The summed E-state index contributed by atoms with van der Waals surface area (Å²) in [5.41, 5.74) is 6.24. The van der Waals surface area contributed by atoms with Crippen molar-refractivity contribution in [1.29, 1.82) is 0 Å². The molecule has 1 aliphatic rings. The lowest BCUT2D eigenvalue weighted by Crippen LogP contribution is -2.13. The summed E-state index contributed by atoms with van der Waals surface area (Å²) in [6, 6.07) is 0. The van der Waals surface area contributed by atoms with Crippen molar-refractivity contribution in [3.05, 3.63) is 6.39 Å². The Morgan fingerprint density at radius 1 is 1.56 bits per heavy atom. The van der Waals surface area contributed by atoms with Gasteiger partial charge in [-0.25, -0.2) is 0 Å². The molecular weight excluding hydrogens is 120 g/mol. The van der Waals surface area contributed by atoms with Gasteiger partial charge in [-0.1, -0.05) is 0 Å². The van der Waals surface area contributed by atoms with Crippen LogP contribution in [-0.2, 0) is 0 Å². The van der Waals surface area contributed by atoms with Gasteiger partial charge in [-0.3, -0.25) is 5.43 Å². The van der Waals surface area contributed by atoms with Gasteiger partial charge in [0.05, 0.1) is 0 Å². The topological polar surface area (TPSA) is 64.5 Å². The quantitative estimate of drug-likeness (QED) is 0.538. The average molecular weight is 123 g/mol. The van der Waals surface area contributed by atoms with E-state index in [1.807, 2.05) is 0 Å². The highest BCUT2D eigenvalue weighted by Gasteiger charge is 2.08. The van der Waals surface area contributed by atoms with E-state index in [0.717, 1.165) is 0 Å². The summed E-state index contributed by atoms with van der Waals surface area (Å²) >= 11 is 0. The fraction of sp³-hybridized carbons (Fsp3) is 0. The first-order chi connectivity index (χ1) is 4.47. The average Bonchev–Trinajstić information content (AvgIpc) is 2.33. The van der Waals surface area contributed by atoms with Gasteiger partial charge in [0.25, 0.3) is 5.88 Å². The minimum Gasteiger partial charge on any atom is -0.424 e. The van der Waals surface area contributed by atoms with Crippen LogP contribution in [0.4, 0.5) is 11.7 Å². The predicted molar refractivity (Wildman–Crippen MR) is 30.4 cm³/mol. The van der Waals surface area contributed by atoms with Gasteiger partial charge < -0.3 is 4.42 Å². The lowest BCUT2D eigenvalue weighted by atomic mass is 10.7. The van der Waals surface area contributed by atoms with Gasteiger partial charge in [-0.2, -0.15) is 15.4 Å². The Balaban J connectivity index is 2.53. The molecule has 0 aromatic carbocycles. The van der Waals surface area contributed by atoms with Crippen molar-refractivity contribution in [2.24, 2.45) is 4.99 Å². The highest BCUT2D eigenvalue weighted by atomic mass is 16.4. The first-order valence-corrected chi connectivity index (χ1v) is 2.39. The lowest BCUT2D eigenvalue weighted by molar-refractivity contribution is 0.567. The van der Waals surface area contributed by atoms with Crippen LogP contribution in [0, 0.1) is 0 Å². The Kier molecular flexibility index (Phi) is 0.717. The Morgan fingerprint density at radius 2 is 2.56 bits per heavy atom. The summed E-state index contributed by atoms with van der Waals surface area (Å²) in [6.07, 6.45) is 2.68. The molecule has 5 heteroatoms. The number of nitrogens with zero attached hydrogens (tertiary/aromatic N) is 3. The molecule has 2 heterocycles. The second kappa shape index (κ2) is 1.48. The van der Waals surface area contributed by atoms with Gasteiger partial charge in [0.2, 0.25) is 5.82 Å². The Labute approximate surface area is 50.8 Å². The number of anilines is 1. The van der Waals surface area contributed by atoms with E-state index in [2.05, 4.69) is 20.8 Å². The summed E-state index contributed by atoms with van der Waals surface area (Å²) in [4.78, 5) is 7.54. The third-order valence-electron chi connectivity index (χ3n) is 0.952. The number of hydrogen-bond acceptors (Lipinski definition) is 4. The van der Waals surface area contributed by atoms with E-state index in [4.69, 9.17) is 4.42 Å². The van der Waals surface area contributed by atoms with Crippen molar-refractivity contribution >= 4 is 18.0 Å². The molecule has 0 saturated heterocycles. The maximum atomic E-state index is 4.82. The van der Waals surface area contributed by atoms with E-state index in [9.17, 15) is 0 Å². The number of aromatic nitrogens is 1. The Hall–Kier alpha value is -1.52. The number of hydrogen-bond donors (Lipinski definition) is 1. The van der Waals surface area contributed by atoms with E-state index >= 15 is 0 Å². The van der Waals surface area contributed by atoms with Crippen LogP contribution in [0.3, 0.4) is 0 Å². The molecule has 0 aliphatic carbocycles. The molecule has 0 unspecified atom stereocenters. The first kappa shape index (κ1) is 4.37. The largest absolute Gasteiger partial charge is 0.424 e. The van der Waals surface area contributed by atoms with Gasteiger partial charge >= 0.3 is 0 Å². The highest BCUT2D eigenvalue weighted by Crippen LogP contribution is 2.22. The number of aliphatic imine (C=N–C) groups is 1. The number of nitrogens with one attached hydrogen (secondary N) is 1. The zero-order valence-electron chi connectivity index (χ0n) is 4.40. The minimum atomic E-state index is 0.477. The van der Waals surface area contributed by atoms with Gasteiger partial charge in [0, 0.05) is 0 Å². The molecule has 1 radical (unpaired) electrons. The maximum Gasteiger partial charge on any atom is 0.267 e. The summed E-state index contributed by atoms with van der Waals surface area (Å²) in [5.74, 6) is 1.04. The molecule has 1 aromatic heterocycles. The standard InChI is InChI=1S/C4H3N4O/c1-5-4-3(8-7-1)6-2-9-4/h1-2,8H. The molecule has 0 spiro atoms. The highest BCUT2D eigenvalue weighted by molar-refractivity contribution is 5.70. The molecule has 1 aliphatic heterocycles.